The fourth-order valence-electron chi connectivity index (χ4n) is 2.24. The van der Waals surface area contributed by atoms with Gasteiger partial charge in [0.15, 0.2) is 0 Å². The summed E-state index contributed by atoms with van der Waals surface area (Å²) in [6, 6.07) is 9.84. The Hall–Kier alpha value is -1.08. The van der Waals surface area contributed by atoms with Gasteiger partial charge in [0.2, 0.25) is 0 Å². The molecule has 1 N–H and O–H groups in total. The molecule has 0 saturated carbocycles. The van der Waals surface area contributed by atoms with Gasteiger partial charge in [-0.15, -0.1) is 6.58 Å². The Kier molecular flexibility index (Phi) is 3.59. The van der Waals surface area contributed by atoms with Crippen LogP contribution in [0.1, 0.15) is 33.3 Å². The van der Waals surface area contributed by atoms with Crippen molar-refractivity contribution in [3.63, 3.8) is 0 Å². The van der Waals surface area contributed by atoms with Gasteiger partial charge in [0.25, 0.3) is 0 Å². The molecule has 0 saturated heterocycles. The Balaban J connectivity index is 3.32. The van der Waals surface area contributed by atoms with Crippen LogP contribution in [-0.4, -0.2) is 5.11 Å². The van der Waals surface area contributed by atoms with Gasteiger partial charge in [-0.05, 0) is 11.0 Å². The third-order valence-electron chi connectivity index (χ3n) is 3.37. The van der Waals surface area contributed by atoms with Crippen LogP contribution < -0.4 is 0 Å². The monoisotopic (exact) mass is 218 g/mol. The van der Waals surface area contributed by atoms with Gasteiger partial charge in [0, 0.05) is 5.92 Å². The van der Waals surface area contributed by atoms with Crippen molar-refractivity contribution < 1.29 is 5.11 Å². The minimum atomic E-state index is -0.879. The van der Waals surface area contributed by atoms with Crippen molar-refractivity contribution in [2.75, 3.05) is 0 Å². The molecule has 0 heterocycles. The van der Waals surface area contributed by atoms with Crippen LogP contribution in [0.4, 0.5) is 0 Å². The van der Waals surface area contributed by atoms with E-state index in [2.05, 4.69) is 27.4 Å². The van der Waals surface area contributed by atoms with Crippen LogP contribution in [0.15, 0.2) is 43.0 Å². The Morgan fingerprint density at radius 1 is 1.19 bits per heavy atom. The average molecular weight is 218 g/mol. The standard InChI is InChI=1S/C15H22O/c1-6-12(2)15(16,14(3,4)5)13-10-8-7-9-11-13/h6-12,16H,1H2,2-5H3/t12-,15+/m1/s1. The second-order valence-corrected chi connectivity index (χ2v) is 5.41. The molecule has 0 aliphatic heterocycles. The van der Waals surface area contributed by atoms with E-state index in [0.717, 1.165) is 5.56 Å². The lowest BCUT2D eigenvalue weighted by molar-refractivity contribution is -0.0933. The van der Waals surface area contributed by atoms with Crippen molar-refractivity contribution in [3.8, 4) is 0 Å². The van der Waals surface area contributed by atoms with Crippen LogP contribution in [0, 0.1) is 11.3 Å². The van der Waals surface area contributed by atoms with Gasteiger partial charge in [-0.1, -0.05) is 64.1 Å². The predicted octanol–water partition coefficient (Wildman–Crippen LogP) is 3.74. The first kappa shape index (κ1) is 13.0. The average Bonchev–Trinajstić information content (AvgIpc) is 2.26. The Morgan fingerprint density at radius 3 is 2.06 bits per heavy atom. The summed E-state index contributed by atoms with van der Waals surface area (Å²) in [4.78, 5) is 0. The summed E-state index contributed by atoms with van der Waals surface area (Å²) >= 11 is 0. The van der Waals surface area contributed by atoms with E-state index in [9.17, 15) is 5.11 Å². The number of hydrogen-bond acceptors (Lipinski definition) is 1. The lowest BCUT2D eigenvalue weighted by atomic mass is 9.66. The van der Waals surface area contributed by atoms with Crippen LogP contribution in [0.3, 0.4) is 0 Å². The molecule has 0 amide bonds. The summed E-state index contributed by atoms with van der Waals surface area (Å²) in [5, 5.41) is 11.0. The first-order chi connectivity index (χ1) is 7.34. The van der Waals surface area contributed by atoms with Crippen molar-refractivity contribution in [2.24, 2.45) is 11.3 Å². The Morgan fingerprint density at radius 2 is 1.69 bits per heavy atom. The maximum atomic E-state index is 11.0. The topological polar surface area (TPSA) is 20.2 Å². The molecule has 0 unspecified atom stereocenters. The molecule has 0 fully saturated rings. The lowest BCUT2D eigenvalue weighted by Crippen LogP contribution is -2.44. The maximum Gasteiger partial charge on any atom is 0.100 e. The molecule has 1 nitrogen and oxygen atoms in total. The molecule has 16 heavy (non-hydrogen) atoms. The van der Waals surface area contributed by atoms with Gasteiger partial charge < -0.3 is 5.11 Å². The van der Waals surface area contributed by atoms with E-state index in [1.165, 1.54) is 0 Å². The van der Waals surface area contributed by atoms with E-state index < -0.39 is 5.60 Å². The fraction of sp³-hybridized carbons (Fsp3) is 0.467. The molecule has 0 bridgehead atoms. The van der Waals surface area contributed by atoms with Crippen molar-refractivity contribution in [2.45, 2.75) is 33.3 Å². The Bertz CT molecular complexity index is 347. The highest BCUT2D eigenvalue weighted by molar-refractivity contribution is 5.26. The molecule has 0 radical (unpaired) electrons. The maximum absolute atomic E-state index is 11.0. The number of aliphatic hydroxyl groups is 1. The minimum absolute atomic E-state index is 0.00917. The van der Waals surface area contributed by atoms with Gasteiger partial charge in [0.05, 0.1) is 0 Å². The molecule has 1 aromatic carbocycles. The van der Waals surface area contributed by atoms with E-state index in [0.29, 0.717) is 0 Å². The largest absolute Gasteiger partial charge is 0.384 e. The summed E-state index contributed by atoms with van der Waals surface area (Å²) < 4.78 is 0. The Labute approximate surface area is 98.8 Å². The van der Waals surface area contributed by atoms with Crippen LogP contribution in [0.5, 0.6) is 0 Å². The summed E-state index contributed by atoms with van der Waals surface area (Å²) in [7, 11) is 0. The third kappa shape index (κ3) is 2.05. The summed E-state index contributed by atoms with van der Waals surface area (Å²) in [6.45, 7) is 12.0. The highest BCUT2D eigenvalue weighted by atomic mass is 16.3. The van der Waals surface area contributed by atoms with Gasteiger partial charge >= 0.3 is 0 Å². The molecule has 88 valence electrons. The van der Waals surface area contributed by atoms with E-state index in [4.69, 9.17) is 0 Å². The number of benzene rings is 1. The quantitative estimate of drug-likeness (QED) is 0.766. The van der Waals surface area contributed by atoms with E-state index in [1.54, 1.807) is 0 Å². The second kappa shape index (κ2) is 4.42. The van der Waals surface area contributed by atoms with Crippen molar-refractivity contribution >= 4 is 0 Å². The van der Waals surface area contributed by atoms with Gasteiger partial charge in [-0.2, -0.15) is 0 Å². The molecular weight excluding hydrogens is 196 g/mol. The van der Waals surface area contributed by atoms with Crippen molar-refractivity contribution in [1.82, 2.24) is 0 Å². The highest BCUT2D eigenvalue weighted by Gasteiger charge is 2.44. The van der Waals surface area contributed by atoms with Gasteiger partial charge in [-0.3, -0.25) is 0 Å². The summed E-state index contributed by atoms with van der Waals surface area (Å²) in [6.07, 6.45) is 1.82. The third-order valence-corrected chi connectivity index (χ3v) is 3.37. The van der Waals surface area contributed by atoms with Crippen molar-refractivity contribution in [3.05, 3.63) is 48.6 Å². The number of hydrogen-bond donors (Lipinski definition) is 1. The smallest absolute Gasteiger partial charge is 0.100 e. The molecule has 0 aromatic heterocycles. The van der Waals surface area contributed by atoms with E-state index >= 15 is 0 Å². The zero-order chi connectivity index (χ0) is 12.4. The molecule has 0 aliphatic rings. The lowest BCUT2D eigenvalue weighted by Gasteiger charge is -2.44. The second-order valence-electron chi connectivity index (χ2n) is 5.41. The zero-order valence-electron chi connectivity index (χ0n) is 10.7. The minimum Gasteiger partial charge on any atom is -0.384 e. The molecule has 0 spiro atoms. The molecule has 0 aliphatic carbocycles. The SMILES string of the molecule is C=C[C@@H](C)[C@](O)(c1ccccc1)C(C)(C)C. The van der Waals surface area contributed by atoms with E-state index in [-0.39, 0.29) is 11.3 Å². The molecule has 2 atom stereocenters. The van der Waals surface area contributed by atoms with Crippen LogP contribution in [-0.2, 0) is 5.60 Å². The highest BCUT2D eigenvalue weighted by Crippen LogP contribution is 2.45. The zero-order valence-corrected chi connectivity index (χ0v) is 10.7. The summed E-state index contributed by atoms with van der Waals surface area (Å²) in [5.41, 5.74) is -0.160. The van der Waals surface area contributed by atoms with Crippen molar-refractivity contribution in [1.29, 1.82) is 0 Å². The number of rotatable bonds is 3. The molecule has 1 aromatic rings. The molecular formula is C15H22O. The normalized spacial score (nSPS) is 17.6. The first-order valence-corrected chi connectivity index (χ1v) is 5.74. The van der Waals surface area contributed by atoms with Gasteiger partial charge in [-0.25, -0.2) is 0 Å². The molecule has 1 heteroatoms. The van der Waals surface area contributed by atoms with E-state index in [1.807, 2.05) is 43.3 Å². The van der Waals surface area contributed by atoms with Gasteiger partial charge in [0.1, 0.15) is 5.60 Å². The van der Waals surface area contributed by atoms with Crippen LogP contribution >= 0.6 is 0 Å². The molecule has 1 rings (SSSR count). The predicted molar refractivity (Wildman–Crippen MR) is 69.2 cm³/mol. The fourth-order valence-corrected chi connectivity index (χ4v) is 2.24. The van der Waals surface area contributed by atoms with Crippen LogP contribution in [0.2, 0.25) is 0 Å². The van der Waals surface area contributed by atoms with Crippen LogP contribution in [0.25, 0.3) is 0 Å². The first-order valence-electron chi connectivity index (χ1n) is 5.74. The summed E-state index contributed by atoms with van der Waals surface area (Å²) in [5.74, 6) is 0.00917.